The molecule has 0 heteroatoms. The molecule has 2 atom stereocenters. The van der Waals surface area contributed by atoms with E-state index in [0.717, 1.165) is 5.92 Å². The third kappa shape index (κ3) is 6.01. The zero-order chi connectivity index (χ0) is 17.6. The lowest BCUT2D eigenvalue weighted by molar-refractivity contribution is 0.423. The summed E-state index contributed by atoms with van der Waals surface area (Å²) < 4.78 is 0. The first kappa shape index (κ1) is 19.7. The first-order valence-electron chi connectivity index (χ1n) is 9.15. The van der Waals surface area contributed by atoms with Crippen LogP contribution in [0.1, 0.15) is 83.4 Å². The van der Waals surface area contributed by atoms with Crippen molar-refractivity contribution in [2.24, 2.45) is 11.8 Å². The van der Waals surface area contributed by atoms with E-state index in [2.05, 4.69) is 79.3 Å². The molecule has 0 nitrogen and oxygen atoms in total. The van der Waals surface area contributed by atoms with Crippen molar-refractivity contribution >= 4 is 5.57 Å². The Morgan fingerprint density at radius 1 is 1.13 bits per heavy atom. The van der Waals surface area contributed by atoms with Gasteiger partial charge in [-0.2, -0.15) is 0 Å². The van der Waals surface area contributed by atoms with E-state index in [9.17, 15) is 0 Å². The first-order valence-corrected chi connectivity index (χ1v) is 9.15. The number of allylic oxidation sites excluding steroid dienone is 3. The van der Waals surface area contributed by atoms with Crippen molar-refractivity contribution in [1.82, 2.24) is 0 Å². The van der Waals surface area contributed by atoms with Gasteiger partial charge in [0, 0.05) is 0 Å². The molecule has 128 valence electrons. The molecule has 0 fully saturated rings. The van der Waals surface area contributed by atoms with Crippen LogP contribution < -0.4 is 0 Å². The molecule has 0 heterocycles. The van der Waals surface area contributed by atoms with E-state index in [0.29, 0.717) is 11.8 Å². The van der Waals surface area contributed by atoms with Crippen molar-refractivity contribution in [2.75, 3.05) is 0 Å². The molecule has 0 spiro atoms. The third-order valence-corrected chi connectivity index (χ3v) is 5.03. The van der Waals surface area contributed by atoms with Gasteiger partial charge in [0.2, 0.25) is 0 Å². The molecule has 0 aliphatic carbocycles. The van der Waals surface area contributed by atoms with Gasteiger partial charge in [0.1, 0.15) is 0 Å². The molecule has 0 amide bonds. The average molecular weight is 313 g/mol. The molecule has 0 aliphatic heterocycles. The summed E-state index contributed by atoms with van der Waals surface area (Å²) in [7, 11) is 0. The van der Waals surface area contributed by atoms with Gasteiger partial charge in [-0.3, -0.25) is 0 Å². The predicted molar refractivity (Wildman–Crippen MR) is 106 cm³/mol. The van der Waals surface area contributed by atoms with Gasteiger partial charge >= 0.3 is 0 Å². The van der Waals surface area contributed by atoms with Crippen molar-refractivity contribution in [1.29, 1.82) is 0 Å². The molecule has 0 radical (unpaired) electrons. The largest absolute Gasteiger partial charge is 0.0999 e. The maximum absolute atomic E-state index is 4.26. The Bertz CT molecular complexity index is 545. The van der Waals surface area contributed by atoms with Crippen molar-refractivity contribution in [2.45, 2.75) is 73.6 Å². The van der Waals surface area contributed by atoms with E-state index < -0.39 is 0 Å². The van der Waals surface area contributed by atoms with Gasteiger partial charge in [0.05, 0.1) is 0 Å². The SMILES string of the molecule is C=C(C)C(CCC(C)C)CC(C)c1ccc(C)cc1/C(C)=C/C. The molecule has 0 saturated heterocycles. The standard InChI is InChI=1S/C23H36/c1-9-19(7)23-14-18(6)11-13-22(23)20(8)15-21(17(4)5)12-10-16(2)3/h9,11,13-14,16,20-21H,4,10,12,15H2,1-3,5-8H3/b19-9+. The number of rotatable bonds is 8. The lowest BCUT2D eigenvalue weighted by atomic mass is 9.81. The summed E-state index contributed by atoms with van der Waals surface area (Å²) in [5, 5.41) is 0. The fraction of sp³-hybridized carbons (Fsp3) is 0.565. The van der Waals surface area contributed by atoms with Crippen LogP contribution in [0.5, 0.6) is 0 Å². The van der Waals surface area contributed by atoms with Crippen LogP contribution in [0.2, 0.25) is 0 Å². The van der Waals surface area contributed by atoms with Crippen LogP contribution in [0.25, 0.3) is 5.57 Å². The minimum atomic E-state index is 0.564. The molecule has 1 aromatic rings. The molecule has 0 bridgehead atoms. The summed E-state index contributed by atoms with van der Waals surface area (Å²) in [5.74, 6) is 1.97. The molecule has 0 saturated carbocycles. The lowest BCUT2D eigenvalue weighted by Gasteiger charge is -2.24. The Morgan fingerprint density at radius 2 is 1.78 bits per heavy atom. The van der Waals surface area contributed by atoms with Crippen LogP contribution in [0.15, 0.2) is 36.4 Å². The fourth-order valence-corrected chi connectivity index (χ4v) is 3.25. The second-order valence-electron chi connectivity index (χ2n) is 7.71. The van der Waals surface area contributed by atoms with Gasteiger partial charge in [0.15, 0.2) is 0 Å². The monoisotopic (exact) mass is 312 g/mol. The van der Waals surface area contributed by atoms with Crippen LogP contribution >= 0.6 is 0 Å². The minimum Gasteiger partial charge on any atom is -0.0999 e. The van der Waals surface area contributed by atoms with Crippen LogP contribution in [-0.4, -0.2) is 0 Å². The highest BCUT2D eigenvalue weighted by Crippen LogP contribution is 2.34. The first-order chi connectivity index (χ1) is 10.8. The Balaban J connectivity index is 2.99. The maximum atomic E-state index is 4.26. The second-order valence-corrected chi connectivity index (χ2v) is 7.71. The number of benzene rings is 1. The summed E-state index contributed by atoms with van der Waals surface area (Å²) in [6.45, 7) is 20.0. The fourth-order valence-electron chi connectivity index (χ4n) is 3.25. The molecule has 2 unspecified atom stereocenters. The normalized spacial score (nSPS) is 14.9. The second kappa shape index (κ2) is 9.11. The van der Waals surface area contributed by atoms with Gasteiger partial charge in [0.25, 0.3) is 0 Å². The molecule has 23 heavy (non-hydrogen) atoms. The van der Waals surface area contributed by atoms with Gasteiger partial charge < -0.3 is 0 Å². The molecule has 0 aliphatic rings. The van der Waals surface area contributed by atoms with Crippen molar-refractivity contribution in [3.8, 4) is 0 Å². The topological polar surface area (TPSA) is 0 Å². The van der Waals surface area contributed by atoms with E-state index >= 15 is 0 Å². The summed E-state index contributed by atoms with van der Waals surface area (Å²) >= 11 is 0. The Morgan fingerprint density at radius 3 is 2.30 bits per heavy atom. The van der Waals surface area contributed by atoms with Crippen LogP contribution in [0.3, 0.4) is 0 Å². The van der Waals surface area contributed by atoms with Crippen molar-refractivity contribution < 1.29 is 0 Å². The number of hydrogen-bond donors (Lipinski definition) is 0. The average Bonchev–Trinajstić information content (AvgIpc) is 2.49. The Hall–Kier alpha value is -1.30. The van der Waals surface area contributed by atoms with Crippen molar-refractivity contribution in [3.05, 3.63) is 53.1 Å². The van der Waals surface area contributed by atoms with E-state index in [-0.39, 0.29) is 0 Å². The summed E-state index contributed by atoms with van der Waals surface area (Å²) in [6.07, 6.45) is 5.98. The van der Waals surface area contributed by atoms with Crippen LogP contribution in [0.4, 0.5) is 0 Å². The lowest BCUT2D eigenvalue weighted by Crippen LogP contribution is -2.09. The maximum Gasteiger partial charge on any atom is -0.0179 e. The molecular weight excluding hydrogens is 276 g/mol. The molecular formula is C23H36. The smallest absolute Gasteiger partial charge is 0.0179 e. The zero-order valence-electron chi connectivity index (χ0n) is 16.4. The van der Waals surface area contributed by atoms with Crippen molar-refractivity contribution in [3.63, 3.8) is 0 Å². The van der Waals surface area contributed by atoms with Gasteiger partial charge in [-0.15, -0.1) is 0 Å². The Kier molecular flexibility index (Phi) is 7.82. The zero-order valence-corrected chi connectivity index (χ0v) is 16.4. The highest BCUT2D eigenvalue weighted by atomic mass is 14.2. The van der Waals surface area contributed by atoms with E-state index in [4.69, 9.17) is 0 Å². The minimum absolute atomic E-state index is 0.564. The third-order valence-electron chi connectivity index (χ3n) is 5.03. The Labute approximate surface area is 144 Å². The summed E-state index contributed by atoms with van der Waals surface area (Å²) in [5.41, 5.74) is 6.97. The number of aryl methyl sites for hydroxylation is 1. The van der Waals surface area contributed by atoms with Gasteiger partial charge in [-0.25, -0.2) is 0 Å². The molecule has 1 rings (SSSR count). The van der Waals surface area contributed by atoms with Crippen LogP contribution in [0, 0.1) is 18.8 Å². The predicted octanol–water partition coefficient (Wildman–Crippen LogP) is 7.54. The highest BCUT2D eigenvalue weighted by Gasteiger charge is 2.18. The number of hydrogen-bond acceptors (Lipinski definition) is 0. The highest BCUT2D eigenvalue weighted by molar-refractivity contribution is 5.67. The van der Waals surface area contributed by atoms with E-state index in [1.54, 1.807) is 0 Å². The molecule has 0 aromatic heterocycles. The summed E-state index contributed by atoms with van der Waals surface area (Å²) in [6, 6.07) is 6.92. The molecule has 1 aromatic carbocycles. The van der Waals surface area contributed by atoms with Gasteiger partial charge in [-0.05, 0) is 75.0 Å². The van der Waals surface area contributed by atoms with E-state index in [1.807, 2.05) is 0 Å². The van der Waals surface area contributed by atoms with Crippen LogP contribution in [-0.2, 0) is 0 Å². The molecule has 0 N–H and O–H groups in total. The summed E-state index contributed by atoms with van der Waals surface area (Å²) in [4.78, 5) is 0. The quantitative estimate of drug-likeness (QED) is 0.435. The van der Waals surface area contributed by atoms with Gasteiger partial charge in [-0.1, -0.05) is 69.2 Å². The van der Waals surface area contributed by atoms with E-state index in [1.165, 1.54) is 47.1 Å².